The number of aryl methyl sites for hydroxylation is 1. The zero-order chi connectivity index (χ0) is 15.7. The molecule has 1 rings (SSSR count). The van der Waals surface area contributed by atoms with E-state index in [2.05, 4.69) is 0 Å². The minimum absolute atomic E-state index is 0.130. The summed E-state index contributed by atoms with van der Waals surface area (Å²) in [7, 11) is 1.50. The van der Waals surface area contributed by atoms with Gasteiger partial charge in [-0.3, -0.25) is 9.59 Å². The molecule has 1 amide bonds. The van der Waals surface area contributed by atoms with Gasteiger partial charge in [0, 0.05) is 13.7 Å². The lowest BCUT2D eigenvalue weighted by Gasteiger charge is -2.20. The first kappa shape index (κ1) is 17.0. The van der Waals surface area contributed by atoms with Crippen LogP contribution in [0, 0.1) is 6.92 Å². The van der Waals surface area contributed by atoms with Crippen molar-refractivity contribution in [2.24, 2.45) is 0 Å². The minimum atomic E-state index is -1.04. The summed E-state index contributed by atoms with van der Waals surface area (Å²) in [6.45, 7) is 2.40. The van der Waals surface area contributed by atoms with Gasteiger partial charge in [-0.15, -0.1) is 0 Å². The van der Waals surface area contributed by atoms with Gasteiger partial charge in [0.15, 0.2) is 0 Å². The second-order valence-electron chi connectivity index (χ2n) is 4.62. The molecule has 0 radical (unpaired) electrons. The Bertz CT molecular complexity index is 475. The van der Waals surface area contributed by atoms with Crippen LogP contribution < -0.4 is 4.74 Å². The first-order valence-electron chi connectivity index (χ1n) is 6.71. The van der Waals surface area contributed by atoms with E-state index in [1.54, 1.807) is 0 Å². The second kappa shape index (κ2) is 8.97. The highest BCUT2D eigenvalue weighted by atomic mass is 16.5. The third-order valence-corrected chi connectivity index (χ3v) is 2.82. The molecule has 0 bridgehead atoms. The molecule has 0 aliphatic heterocycles. The molecule has 1 aromatic rings. The summed E-state index contributed by atoms with van der Waals surface area (Å²) < 4.78 is 10.4. The fraction of sp³-hybridized carbons (Fsp3) is 0.467. The predicted octanol–water partition coefficient (Wildman–Crippen LogP) is 1.32. The summed E-state index contributed by atoms with van der Waals surface area (Å²) in [6, 6.07) is 7.53. The van der Waals surface area contributed by atoms with E-state index in [-0.39, 0.29) is 32.0 Å². The zero-order valence-corrected chi connectivity index (χ0v) is 12.4. The highest BCUT2D eigenvalue weighted by Crippen LogP contribution is 2.12. The van der Waals surface area contributed by atoms with Crippen molar-refractivity contribution in [2.75, 3.05) is 33.4 Å². The second-order valence-corrected chi connectivity index (χ2v) is 4.62. The lowest BCUT2D eigenvalue weighted by atomic mass is 10.2. The minimum Gasteiger partial charge on any atom is -0.493 e. The van der Waals surface area contributed by atoms with Crippen LogP contribution in [0.3, 0.4) is 0 Å². The maximum Gasteiger partial charge on any atom is 0.323 e. The summed E-state index contributed by atoms with van der Waals surface area (Å²) in [6.07, 6.45) is 0.130. The normalized spacial score (nSPS) is 10.2. The molecule has 0 saturated carbocycles. The summed E-state index contributed by atoms with van der Waals surface area (Å²) in [5, 5.41) is 8.80. The van der Waals surface area contributed by atoms with Crippen molar-refractivity contribution in [2.45, 2.75) is 13.3 Å². The van der Waals surface area contributed by atoms with Gasteiger partial charge in [0.05, 0.1) is 19.6 Å². The Morgan fingerprint density at radius 1 is 1.29 bits per heavy atom. The van der Waals surface area contributed by atoms with Crippen LogP contribution in [0.15, 0.2) is 24.3 Å². The molecule has 0 aliphatic carbocycles. The maximum atomic E-state index is 12.0. The van der Waals surface area contributed by atoms with E-state index in [9.17, 15) is 9.59 Å². The van der Waals surface area contributed by atoms with E-state index in [1.807, 2.05) is 31.2 Å². The Labute approximate surface area is 124 Å². The van der Waals surface area contributed by atoms with Crippen LogP contribution in [0.1, 0.15) is 12.0 Å². The molecule has 0 fully saturated rings. The zero-order valence-electron chi connectivity index (χ0n) is 12.4. The van der Waals surface area contributed by atoms with Gasteiger partial charge in [-0.25, -0.2) is 0 Å². The summed E-state index contributed by atoms with van der Waals surface area (Å²) in [5.41, 5.74) is 1.08. The standard InChI is InChI=1S/C15H21NO5/c1-12-4-3-5-13(10-12)21-8-6-14(17)16(7-9-20-2)11-15(18)19/h3-5,10H,6-9,11H2,1-2H3,(H,18,19). The number of hydrogen-bond acceptors (Lipinski definition) is 4. The first-order valence-corrected chi connectivity index (χ1v) is 6.71. The van der Waals surface area contributed by atoms with Crippen molar-refractivity contribution in [3.63, 3.8) is 0 Å². The van der Waals surface area contributed by atoms with Crippen LogP contribution in [-0.2, 0) is 14.3 Å². The number of carbonyl (C=O) groups is 2. The number of ether oxygens (including phenoxy) is 2. The van der Waals surface area contributed by atoms with Gasteiger partial charge in [-0.2, -0.15) is 0 Å². The van der Waals surface area contributed by atoms with E-state index in [0.717, 1.165) is 5.56 Å². The van der Waals surface area contributed by atoms with Gasteiger partial charge in [-0.1, -0.05) is 12.1 Å². The fourth-order valence-electron chi connectivity index (χ4n) is 1.78. The monoisotopic (exact) mass is 295 g/mol. The lowest BCUT2D eigenvalue weighted by molar-refractivity contribution is -0.145. The van der Waals surface area contributed by atoms with E-state index >= 15 is 0 Å². The number of nitrogens with zero attached hydrogens (tertiary/aromatic N) is 1. The summed E-state index contributed by atoms with van der Waals surface area (Å²) >= 11 is 0. The van der Waals surface area contributed by atoms with Gasteiger partial charge < -0.3 is 19.5 Å². The number of hydrogen-bond donors (Lipinski definition) is 1. The molecular formula is C15H21NO5. The van der Waals surface area contributed by atoms with Crippen LogP contribution >= 0.6 is 0 Å². The van der Waals surface area contributed by atoms with Gasteiger partial charge in [0.2, 0.25) is 5.91 Å². The number of carbonyl (C=O) groups excluding carboxylic acids is 1. The molecular weight excluding hydrogens is 274 g/mol. The van der Waals surface area contributed by atoms with Gasteiger partial charge in [-0.05, 0) is 24.6 Å². The smallest absolute Gasteiger partial charge is 0.323 e. The molecule has 0 saturated heterocycles. The van der Waals surface area contributed by atoms with Crippen molar-refractivity contribution >= 4 is 11.9 Å². The number of amides is 1. The van der Waals surface area contributed by atoms with Crippen molar-refractivity contribution in [3.8, 4) is 5.75 Å². The summed E-state index contributed by atoms with van der Waals surface area (Å²) in [5.74, 6) is -0.606. The van der Waals surface area contributed by atoms with Gasteiger partial charge in [0.1, 0.15) is 12.3 Å². The van der Waals surface area contributed by atoms with E-state index in [4.69, 9.17) is 14.6 Å². The van der Waals surface area contributed by atoms with Crippen LogP contribution in [-0.4, -0.2) is 55.3 Å². The van der Waals surface area contributed by atoms with Crippen LogP contribution in [0.5, 0.6) is 5.75 Å². The average molecular weight is 295 g/mol. The van der Waals surface area contributed by atoms with E-state index in [1.165, 1.54) is 12.0 Å². The molecule has 1 aromatic carbocycles. The lowest BCUT2D eigenvalue weighted by Crippen LogP contribution is -2.38. The Balaban J connectivity index is 2.43. The fourth-order valence-corrected chi connectivity index (χ4v) is 1.78. The molecule has 21 heavy (non-hydrogen) atoms. The average Bonchev–Trinajstić information content (AvgIpc) is 2.43. The van der Waals surface area contributed by atoms with Crippen LogP contribution in [0.2, 0.25) is 0 Å². The van der Waals surface area contributed by atoms with Gasteiger partial charge >= 0.3 is 5.97 Å². The molecule has 6 nitrogen and oxygen atoms in total. The summed E-state index contributed by atoms with van der Waals surface area (Å²) in [4.78, 5) is 24.0. The Morgan fingerprint density at radius 2 is 2.05 bits per heavy atom. The quantitative estimate of drug-likeness (QED) is 0.743. The molecule has 6 heteroatoms. The van der Waals surface area contributed by atoms with Gasteiger partial charge in [0.25, 0.3) is 0 Å². The van der Waals surface area contributed by atoms with Crippen molar-refractivity contribution in [1.29, 1.82) is 0 Å². The molecule has 116 valence electrons. The number of carboxylic acids is 1. The topological polar surface area (TPSA) is 76.1 Å². The molecule has 0 heterocycles. The largest absolute Gasteiger partial charge is 0.493 e. The van der Waals surface area contributed by atoms with Crippen molar-refractivity contribution in [1.82, 2.24) is 4.90 Å². The predicted molar refractivity (Wildman–Crippen MR) is 77.4 cm³/mol. The molecule has 1 N–H and O–H groups in total. The Morgan fingerprint density at radius 3 is 2.67 bits per heavy atom. The number of aliphatic carboxylic acids is 1. The number of rotatable bonds is 9. The SMILES string of the molecule is COCCN(CC(=O)O)C(=O)CCOc1cccc(C)c1. The van der Waals surface area contributed by atoms with E-state index < -0.39 is 5.97 Å². The van der Waals surface area contributed by atoms with Crippen molar-refractivity contribution < 1.29 is 24.2 Å². The maximum absolute atomic E-state index is 12.0. The Kier molecular flexibility index (Phi) is 7.25. The van der Waals surface area contributed by atoms with E-state index in [0.29, 0.717) is 12.4 Å². The highest BCUT2D eigenvalue weighted by Gasteiger charge is 2.16. The molecule has 0 atom stereocenters. The third kappa shape index (κ3) is 6.76. The number of carboxylic acid groups (broad SMARTS) is 1. The number of benzene rings is 1. The molecule has 0 spiro atoms. The third-order valence-electron chi connectivity index (χ3n) is 2.82. The van der Waals surface area contributed by atoms with Crippen LogP contribution in [0.25, 0.3) is 0 Å². The van der Waals surface area contributed by atoms with Crippen molar-refractivity contribution in [3.05, 3.63) is 29.8 Å². The molecule has 0 unspecified atom stereocenters. The number of methoxy groups -OCH3 is 1. The molecule has 0 aliphatic rings. The Hall–Kier alpha value is -2.08. The molecule has 0 aromatic heterocycles. The highest BCUT2D eigenvalue weighted by molar-refractivity contribution is 5.81. The first-order chi connectivity index (χ1) is 10.0. The van der Waals surface area contributed by atoms with Crippen LogP contribution in [0.4, 0.5) is 0 Å².